The minimum absolute atomic E-state index is 0.0395. The smallest absolute Gasteiger partial charge is 0.256 e. The highest BCUT2D eigenvalue weighted by molar-refractivity contribution is 6.35. The van der Waals surface area contributed by atoms with Crippen molar-refractivity contribution in [1.82, 2.24) is 0 Å². The van der Waals surface area contributed by atoms with Gasteiger partial charge in [0.25, 0.3) is 5.91 Å². The number of fused-ring (bicyclic) bond motifs is 1. The fourth-order valence-corrected chi connectivity index (χ4v) is 3.61. The van der Waals surface area contributed by atoms with E-state index in [0.29, 0.717) is 11.8 Å². The highest BCUT2D eigenvalue weighted by Crippen LogP contribution is 2.39. The molecule has 0 aromatic heterocycles. The topological polar surface area (TPSA) is 38.3 Å². The summed E-state index contributed by atoms with van der Waals surface area (Å²) in [6.45, 7) is 10.7. The Bertz CT molecular complexity index is 862. The van der Waals surface area contributed by atoms with Crippen molar-refractivity contribution in [2.75, 3.05) is 12.4 Å². The van der Waals surface area contributed by atoms with Gasteiger partial charge in [-0.3, -0.25) is 4.79 Å². The fraction of sp³-hybridized carbons (Fsp3) is 0.348. The van der Waals surface area contributed by atoms with Gasteiger partial charge in [-0.15, -0.1) is 0 Å². The van der Waals surface area contributed by atoms with Crippen molar-refractivity contribution in [3.63, 3.8) is 0 Å². The molecular formula is C23H27NO2. The highest BCUT2D eigenvalue weighted by atomic mass is 16.5. The van der Waals surface area contributed by atoms with E-state index in [1.807, 2.05) is 31.2 Å². The largest absolute Gasteiger partial charge is 0.496 e. The number of rotatable bonds is 4. The van der Waals surface area contributed by atoms with Crippen molar-refractivity contribution in [3.8, 4) is 5.75 Å². The van der Waals surface area contributed by atoms with Gasteiger partial charge < -0.3 is 10.1 Å². The van der Waals surface area contributed by atoms with Crippen molar-refractivity contribution in [2.45, 2.75) is 46.5 Å². The molecule has 0 saturated heterocycles. The van der Waals surface area contributed by atoms with Gasteiger partial charge in [-0.1, -0.05) is 39.8 Å². The van der Waals surface area contributed by atoms with Crippen molar-refractivity contribution >= 4 is 23.2 Å². The molecule has 3 rings (SSSR count). The zero-order valence-electron chi connectivity index (χ0n) is 16.4. The van der Waals surface area contributed by atoms with Gasteiger partial charge in [0.2, 0.25) is 0 Å². The van der Waals surface area contributed by atoms with Gasteiger partial charge in [0.05, 0.1) is 7.11 Å². The summed E-state index contributed by atoms with van der Waals surface area (Å²) < 4.78 is 5.72. The van der Waals surface area contributed by atoms with Crippen molar-refractivity contribution < 1.29 is 9.53 Å². The van der Waals surface area contributed by atoms with Gasteiger partial charge in [0.1, 0.15) is 5.75 Å². The lowest BCUT2D eigenvalue weighted by Gasteiger charge is -2.19. The van der Waals surface area contributed by atoms with Crippen molar-refractivity contribution in [3.05, 3.63) is 58.1 Å². The lowest BCUT2D eigenvalue weighted by atomic mass is 9.90. The number of hydrogen-bond donors (Lipinski definition) is 1. The molecule has 1 N–H and O–H groups in total. The van der Waals surface area contributed by atoms with Crippen LogP contribution < -0.4 is 10.1 Å². The first-order valence-corrected chi connectivity index (χ1v) is 9.18. The Hall–Kier alpha value is -2.55. The Balaban J connectivity index is 2.20. The van der Waals surface area contributed by atoms with Crippen LogP contribution in [0.1, 0.15) is 67.3 Å². The summed E-state index contributed by atoms with van der Waals surface area (Å²) >= 11 is 0. The standard InChI is InChI=1S/C23H27NO2/c1-13(2)17-10-16(11-18(14(3)4)22(17)26-6)12-19-21-15(5)8-7-9-20(21)24-23(19)25/h7-14H,1-6H3,(H,24,25)/b19-12-. The summed E-state index contributed by atoms with van der Waals surface area (Å²) in [5.41, 5.74) is 7.12. The SMILES string of the molecule is COc1c(C(C)C)cc(/C=C2\C(=O)Nc3cccc(C)c32)cc1C(C)C. The van der Waals surface area contributed by atoms with Crippen LogP contribution >= 0.6 is 0 Å². The van der Waals surface area contributed by atoms with Gasteiger partial charge in [-0.25, -0.2) is 0 Å². The molecule has 0 atom stereocenters. The van der Waals surface area contributed by atoms with Crippen LogP contribution in [0.25, 0.3) is 11.6 Å². The molecule has 1 heterocycles. The third-order valence-corrected chi connectivity index (χ3v) is 4.96. The van der Waals surface area contributed by atoms with Crippen LogP contribution in [0.4, 0.5) is 5.69 Å². The molecule has 0 radical (unpaired) electrons. The number of methoxy groups -OCH3 is 1. The first-order valence-electron chi connectivity index (χ1n) is 9.18. The fourth-order valence-electron chi connectivity index (χ4n) is 3.61. The lowest BCUT2D eigenvalue weighted by molar-refractivity contribution is -0.110. The molecule has 2 aromatic carbocycles. The maximum absolute atomic E-state index is 12.5. The first kappa shape index (κ1) is 18.2. The Morgan fingerprint density at radius 1 is 1.04 bits per heavy atom. The predicted octanol–water partition coefficient (Wildman–Crippen LogP) is 5.74. The molecule has 0 saturated carbocycles. The van der Waals surface area contributed by atoms with Gasteiger partial charge in [0, 0.05) is 16.8 Å². The maximum Gasteiger partial charge on any atom is 0.256 e. The molecular weight excluding hydrogens is 322 g/mol. The number of ether oxygens (including phenoxy) is 1. The molecule has 0 spiro atoms. The third kappa shape index (κ3) is 3.14. The maximum atomic E-state index is 12.5. The van der Waals surface area contributed by atoms with Crippen LogP contribution in [0.2, 0.25) is 0 Å². The zero-order valence-corrected chi connectivity index (χ0v) is 16.4. The van der Waals surface area contributed by atoms with E-state index in [0.717, 1.165) is 33.7 Å². The van der Waals surface area contributed by atoms with Crippen molar-refractivity contribution in [2.24, 2.45) is 0 Å². The number of amides is 1. The van der Waals surface area contributed by atoms with E-state index in [-0.39, 0.29) is 5.91 Å². The summed E-state index contributed by atoms with van der Waals surface area (Å²) in [5.74, 6) is 1.60. The molecule has 3 nitrogen and oxygen atoms in total. The van der Waals surface area contributed by atoms with Gasteiger partial charge in [-0.05, 0) is 65.3 Å². The molecule has 1 aliphatic heterocycles. The summed E-state index contributed by atoms with van der Waals surface area (Å²) in [5, 5.41) is 2.97. The molecule has 1 amide bonds. The summed E-state index contributed by atoms with van der Waals surface area (Å²) in [6, 6.07) is 10.3. The van der Waals surface area contributed by atoms with Crippen LogP contribution in [0.3, 0.4) is 0 Å². The van der Waals surface area contributed by atoms with Crippen LogP contribution in [-0.2, 0) is 4.79 Å². The number of carbonyl (C=O) groups is 1. The molecule has 3 heteroatoms. The minimum Gasteiger partial charge on any atom is -0.496 e. The Kier molecular flexibility index (Phi) is 4.90. The monoisotopic (exact) mass is 349 g/mol. The van der Waals surface area contributed by atoms with E-state index in [9.17, 15) is 4.79 Å². The van der Waals surface area contributed by atoms with Gasteiger partial charge in [0.15, 0.2) is 0 Å². The summed E-state index contributed by atoms with van der Waals surface area (Å²) in [6.07, 6.45) is 2.01. The number of nitrogens with one attached hydrogen (secondary N) is 1. The molecule has 26 heavy (non-hydrogen) atoms. The molecule has 1 aliphatic rings. The predicted molar refractivity (Wildman–Crippen MR) is 109 cm³/mol. The Morgan fingerprint density at radius 3 is 2.19 bits per heavy atom. The van der Waals surface area contributed by atoms with Gasteiger partial charge in [-0.2, -0.15) is 0 Å². The number of hydrogen-bond acceptors (Lipinski definition) is 2. The normalized spacial score (nSPS) is 14.9. The van der Waals surface area contributed by atoms with Crippen LogP contribution in [-0.4, -0.2) is 13.0 Å². The van der Waals surface area contributed by atoms with Gasteiger partial charge >= 0.3 is 0 Å². The van der Waals surface area contributed by atoms with E-state index >= 15 is 0 Å². The second-order valence-corrected chi connectivity index (χ2v) is 7.55. The van der Waals surface area contributed by atoms with E-state index in [1.165, 1.54) is 11.1 Å². The number of carbonyl (C=O) groups excluding carboxylic acids is 1. The summed E-state index contributed by atoms with van der Waals surface area (Å²) in [4.78, 5) is 12.5. The van der Waals surface area contributed by atoms with Crippen LogP contribution in [0, 0.1) is 6.92 Å². The minimum atomic E-state index is -0.0395. The van der Waals surface area contributed by atoms with E-state index in [2.05, 4.69) is 45.1 Å². The molecule has 136 valence electrons. The first-order chi connectivity index (χ1) is 12.3. The average Bonchev–Trinajstić information content (AvgIpc) is 2.90. The average molecular weight is 349 g/mol. The quantitative estimate of drug-likeness (QED) is 0.714. The van der Waals surface area contributed by atoms with E-state index in [1.54, 1.807) is 7.11 Å². The van der Waals surface area contributed by atoms with E-state index in [4.69, 9.17) is 4.74 Å². The third-order valence-electron chi connectivity index (χ3n) is 4.96. The lowest BCUT2D eigenvalue weighted by Crippen LogP contribution is -2.04. The summed E-state index contributed by atoms with van der Waals surface area (Å²) in [7, 11) is 1.73. The molecule has 0 bridgehead atoms. The molecule has 0 unspecified atom stereocenters. The van der Waals surface area contributed by atoms with Crippen LogP contribution in [0.5, 0.6) is 5.75 Å². The Labute approximate surface area is 156 Å². The molecule has 0 fully saturated rings. The number of benzene rings is 2. The number of aryl methyl sites for hydroxylation is 1. The second kappa shape index (κ2) is 6.99. The van der Waals surface area contributed by atoms with E-state index < -0.39 is 0 Å². The Morgan fingerprint density at radius 2 is 1.65 bits per heavy atom. The van der Waals surface area contributed by atoms with Crippen molar-refractivity contribution in [1.29, 1.82) is 0 Å². The second-order valence-electron chi connectivity index (χ2n) is 7.55. The van der Waals surface area contributed by atoms with Crippen LogP contribution in [0.15, 0.2) is 30.3 Å². The zero-order chi connectivity index (χ0) is 19.0. The molecule has 2 aromatic rings. The molecule has 0 aliphatic carbocycles. The number of anilines is 1. The highest BCUT2D eigenvalue weighted by Gasteiger charge is 2.26.